The Balaban J connectivity index is 1.74. The van der Waals surface area contributed by atoms with E-state index in [4.69, 9.17) is 33.0 Å². The third kappa shape index (κ3) is 5.78. The molecule has 3 aromatic rings. The van der Waals surface area contributed by atoms with E-state index < -0.39 is 5.97 Å². The zero-order valence-electron chi connectivity index (χ0n) is 17.8. The maximum absolute atomic E-state index is 12.4. The number of aromatic carboxylic acids is 1. The topological polar surface area (TPSA) is 88.5 Å². The number of benzene rings is 2. The summed E-state index contributed by atoms with van der Waals surface area (Å²) < 4.78 is 5.94. The molecule has 0 radical (unpaired) electrons. The van der Waals surface area contributed by atoms with E-state index in [1.807, 2.05) is 25.1 Å². The predicted octanol–water partition coefficient (Wildman–Crippen LogP) is 6.49. The molecule has 166 valence electrons. The van der Waals surface area contributed by atoms with Crippen molar-refractivity contribution in [3.05, 3.63) is 81.1 Å². The van der Waals surface area contributed by atoms with E-state index in [2.05, 4.69) is 24.1 Å². The van der Waals surface area contributed by atoms with Gasteiger partial charge in [-0.25, -0.2) is 4.79 Å². The Morgan fingerprint density at radius 2 is 1.78 bits per heavy atom. The Labute approximate surface area is 196 Å². The van der Waals surface area contributed by atoms with E-state index >= 15 is 0 Å². The number of pyridine rings is 1. The normalized spacial score (nSPS) is 10.8. The van der Waals surface area contributed by atoms with Crippen LogP contribution in [0.5, 0.6) is 11.5 Å². The van der Waals surface area contributed by atoms with Crippen molar-refractivity contribution in [2.75, 3.05) is 5.32 Å². The molecule has 6 nitrogen and oxygen atoms in total. The number of carbonyl (C=O) groups is 2. The van der Waals surface area contributed by atoms with Crippen molar-refractivity contribution < 1.29 is 19.4 Å². The molecule has 0 aliphatic rings. The van der Waals surface area contributed by atoms with Crippen LogP contribution in [0.1, 0.15) is 46.8 Å². The molecule has 0 saturated heterocycles. The maximum Gasteiger partial charge on any atom is 0.337 e. The second-order valence-electron chi connectivity index (χ2n) is 7.66. The summed E-state index contributed by atoms with van der Waals surface area (Å²) in [7, 11) is 0. The minimum absolute atomic E-state index is 0.0135. The molecule has 0 unspecified atom stereocenters. The first-order chi connectivity index (χ1) is 15.1. The largest absolute Gasteiger partial charge is 0.478 e. The molecule has 2 aromatic carbocycles. The number of rotatable bonds is 7. The first-order valence-corrected chi connectivity index (χ1v) is 10.6. The van der Waals surface area contributed by atoms with Crippen molar-refractivity contribution in [1.29, 1.82) is 0 Å². The number of hydrogen-bond acceptors (Lipinski definition) is 4. The summed E-state index contributed by atoms with van der Waals surface area (Å²) >= 11 is 12.8. The number of carboxylic acid groups (broad SMARTS) is 1. The van der Waals surface area contributed by atoms with Crippen LogP contribution in [0.25, 0.3) is 0 Å². The summed E-state index contributed by atoms with van der Waals surface area (Å²) in [5.74, 6) is -0.222. The molecule has 32 heavy (non-hydrogen) atoms. The molecular formula is C24H22Cl2N2O4. The summed E-state index contributed by atoms with van der Waals surface area (Å²) in [6.45, 7) is 6.26. The van der Waals surface area contributed by atoms with Gasteiger partial charge in [0.25, 0.3) is 0 Å². The van der Waals surface area contributed by atoms with Crippen LogP contribution in [-0.2, 0) is 11.2 Å². The fraction of sp³-hybridized carbons (Fsp3) is 0.208. The number of carboxylic acids is 1. The molecule has 0 aliphatic carbocycles. The van der Waals surface area contributed by atoms with Crippen molar-refractivity contribution in [3.8, 4) is 11.5 Å². The van der Waals surface area contributed by atoms with Crippen molar-refractivity contribution >= 4 is 40.8 Å². The van der Waals surface area contributed by atoms with E-state index in [1.165, 1.54) is 29.6 Å². The van der Waals surface area contributed by atoms with Gasteiger partial charge in [-0.3, -0.25) is 9.78 Å². The van der Waals surface area contributed by atoms with Gasteiger partial charge in [0.1, 0.15) is 5.75 Å². The summed E-state index contributed by atoms with van der Waals surface area (Å²) in [5.41, 5.74) is 3.22. The van der Waals surface area contributed by atoms with E-state index in [0.29, 0.717) is 28.7 Å². The van der Waals surface area contributed by atoms with Crippen LogP contribution in [0.3, 0.4) is 0 Å². The van der Waals surface area contributed by atoms with E-state index in [1.54, 1.807) is 12.1 Å². The number of halogens is 2. The lowest BCUT2D eigenvalue weighted by atomic mass is 9.98. The monoisotopic (exact) mass is 472 g/mol. The third-order valence-corrected chi connectivity index (χ3v) is 5.34. The van der Waals surface area contributed by atoms with Crippen LogP contribution >= 0.6 is 23.2 Å². The highest BCUT2D eigenvalue weighted by molar-refractivity contribution is 6.37. The number of anilines is 1. The van der Waals surface area contributed by atoms with Gasteiger partial charge in [0.2, 0.25) is 5.91 Å². The minimum Gasteiger partial charge on any atom is -0.478 e. The number of nitrogens with one attached hydrogen (secondary N) is 1. The molecule has 2 N–H and O–H groups in total. The Kier molecular flexibility index (Phi) is 7.38. The molecule has 0 bridgehead atoms. The smallest absolute Gasteiger partial charge is 0.337 e. The molecule has 0 aliphatic heterocycles. The minimum atomic E-state index is -1.11. The van der Waals surface area contributed by atoms with Crippen LogP contribution in [0.4, 0.5) is 5.69 Å². The number of ether oxygens (including phenoxy) is 1. The molecule has 0 fully saturated rings. The van der Waals surface area contributed by atoms with Crippen molar-refractivity contribution in [3.63, 3.8) is 0 Å². The van der Waals surface area contributed by atoms with Gasteiger partial charge in [0.15, 0.2) is 5.75 Å². The van der Waals surface area contributed by atoms with Gasteiger partial charge < -0.3 is 15.2 Å². The number of aromatic nitrogens is 1. The van der Waals surface area contributed by atoms with Crippen LogP contribution in [0.15, 0.2) is 48.8 Å². The first-order valence-electron chi connectivity index (χ1n) is 9.88. The average Bonchev–Trinajstić information content (AvgIpc) is 2.71. The van der Waals surface area contributed by atoms with Gasteiger partial charge >= 0.3 is 5.97 Å². The van der Waals surface area contributed by atoms with Crippen LogP contribution in [-0.4, -0.2) is 22.0 Å². The summed E-state index contributed by atoms with van der Waals surface area (Å²) in [6.07, 6.45) is 2.61. The highest BCUT2D eigenvalue weighted by Gasteiger charge is 2.15. The zero-order valence-corrected chi connectivity index (χ0v) is 19.3. The van der Waals surface area contributed by atoms with Gasteiger partial charge in [0.05, 0.1) is 22.0 Å². The highest BCUT2D eigenvalue weighted by atomic mass is 35.5. The fourth-order valence-corrected chi connectivity index (χ4v) is 3.81. The molecule has 3 rings (SSSR count). The second kappa shape index (κ2) is 10.0. The average molecular weight is 473 g/mol. The fourth-order valence-electron chi connectivity index (χ4n) is 3.24. The first kappa shape index (κ1) is 23.6. The molecule has 0 atom stereocenters. The standard InChI is InChI=1S/C24H22Cl2N2O4/c1-13(2)19-10-18(5-4-14(19)3)32-23-20(25)8-17(9-21(23)26)28-22(29)7-15-6-16(24(30)31)12-27-11-15/h4-6,8-13H,7H2,1-3H3,(H,28,29)(H,30,31). The van der Waals surface area contributed by atoms with Crippen molar-refractivity contribution in [2.45, 2.75) is 33.1 Å². The summed E-state index contributed by atoms with van der Waals surface area (Å²) in [5, 5.41) is 12.2. The van der Waals surface area contributed by atoms with Crippen LogP contribution in [0, 0.1) is 6.92 Å². The maximum atomic E-state index is 12.4. The van der Waals surface area contributed by atoms with Crippen LogP contribution < -0.4 is 10.1 Å². The Hall–Kier alpha value is -3.09. The Morgan fingerprint density at radius 1 is 1.09 bits per heavy atom. The van der Waals surface area contributed by atoms with Crippen molar-refractivity contribution in [1.82, 2.24) is 4.98 Å². The number of amides is 1. The SMILES string of the molecule is Cc1ccc(Oc2c(Cl)cc(NC(=O)Cc3cncc(C(=O)O)c3)cc2Cl)cc1C(C)C. The number of hydrogen-bond donors (Lipinski definition) is 2. The van der Waals surface area contributed by atoms with Gasteiger partial charge in [0, 0.05) is 18.1 Å². The lowest BCUT2D eigenvalue weighted by Gasteiger charge is -2.15. The molecule has 8 heteroatoms. The third-order valence-electron chi connectivity index (χ3n) is 4.78. The molecular weight excluding hydrogens is 451 g/mol. The van der Waals surface area contributed by atoms with Gasteiger partial charge in [-0.15, -0.1) is 0 Å². The quantitative estimate of drug-likeness (QED) is 0.409. The number of carbonyl (C=O) groups excluding carboxylic acids is 1. The zero-order chi connectivity index (χ0) is 23.4. The molecule has 1 heterocycles. The summed E-state index contributed by atoms with van der Waals surface area (Å²) in [6, 6.07) is 10.3. The van der Waals surface area contributed by atoms with E-state index in [9.17, 15) is 9.59 Å². The lowest BCUT2D eigenvalue weighted by Crippen LogP contribution is -2.15. The lowest BCUT2D eigenvalue weighted by molar-refractivity contribution is -0.115. The molecule has 0 spiro atoms. The summed E-state index contributed by atoms with van der Waals surface area (Å²) in [4.78, 5) is 27.3. The van der Waals surface area contributed by atoms with E-state index in [0.717, 1.165) is 0 Å². The molecule has 1 aromatic heterocycles. The van der Waals surface area contributed by atoms with Gasteiger partial charge in [-0.05, 0) is 59.9 Å². The van der Waals surface area contributed by atoms with E-state index in [-0.39, 0.29) is 27.9 Å². The van der Waals surface area contributed by atoms with Gasteiger partial charge in [-0.1, -0.05) is 43.1 Å². The highest BCUT2D eigenvalue weighted by Crippen LogP contribution is 2.39. The second-order valence-corrected chi connectivity index (χ2v) is 8.47. The molecule has 0 saturated carbocycles. The Bertz CT molecular complexity index is 1160. The van der Waals surface area contributed by atoms with Crippen LogP contribution in [0.2, 0.25) is 10.0 Å². The number of nitrogens with zero attached hydrogens (tertiary/aromatic N) is 1. The number of aryl methyl sites for hydroxylation is 1. The van der Waals surface area contributed by atoms with Crippen molar-refractivity contribution in [2.24, 2.45) is 0 Å². The Morgan fingerprint density at radius 3 is 2.41 bits per heavy atom. The molecule has 1 amide bonds. The van der Waals surface area contributed by atoms with Gasteiger partial charge in [-0.2, -0.15) is 0 Å². The predicted molar refractivity (Wildman–Crippen MR) is 125 cm³/mol.